The molecule has 0 radical (unpaired) electrons. The molecule has 0 aliphatic heterocycles. The Morgan fingerprint density at radius 2 is 1.96 bits per heavy atom. The Morgan fingerprint density at radius 1 is 1.21 bits per heavy atom. The van der Waals surface area contributed by atoms with Gasteiger partial charge in [-0.05, 0) is 37.6 Å². The Bertz CT molecular complexity index is 1230. The minimum absolute atomic E-state index is 0.0146. The number of rotatable bonds is 4. The third-order valence-electron chi connectivity index (χ3n) is 4.72. The molecule has 1 N–H and O–H groups in total. The van der Waals surface area contributed by atoms with Gasteiger partial charge in [-0.2, -0.15) is 0 Å². The molecule has 0 aliphatic carbocycles. The van der Waals surface area contributed by atoms with Gasteiger partial charge in [-0.15, -0.1) is 0 Å². The van der Waals surface area contributed by atoms with Gasteiger partial charge in [0, 0.05) is 17.9 Å². The molecule has 6 heteroatoms. The molecule has 2 heterocycles. The van der Waals surface area contributed by atoms with E-state index in [4.69, 9.17) is 9.15 Å². The number of aromatic carboxylic acids is 1. The van der Waals surface area contributed by atoms with E-state index < -0.39 is 12.3 Å². The van der Waals surface area contributed by atoms with E-state index in [1.165, 1.54) is 13.0 Å². The summed E-state index contributed by atoms with van der Waals surface area (Å²) in [6, 6.07) is 12.3. The lowest BCUT2D eigenvalue weighted by atomic mass is 10.0. The van der Waals surface area contributed by atoms with E-state index in [0.29, 0.717) is 22.6 Å². The van der Waals surface area contributed by atoms with Crippen molar-refractivity contribution in [1.29, 1.82) is 0 Å². The monoisotopic (exact) mass is 379 g/mol. The second-order valence-corrected chi connectivity index (χ2v) is 6.68. The van der Waals surface area contributed by atoms with Gasteiger partial charge in [0.1, 0.15) is 17.0 Å². The second-order valence-electron chi connectivity index (χ2n) is 6.68. The molecule has 1 atom stereocenters. The molecule has 1 unspecified atom stereocenters. The first-order valence-corrected chi connectivity index (χ1v) is 8.83. The number of alkyl halides is 1. The van der Waals surface area contributed by atoms with E-state index in [9.17, 15) is 14.3 Å². The van der Waals surface area contributed by atoms with Crippen LogP contribution in [0.15, 0.2) is 46.9 Å². The fourth-order valence-corrected chi connectivity index (χ4v) is 3.42. The van der Waals surface area contributed by atoms with E-state index in [1.807, 2.05) is 38.1 Å². The molecule has 5 nitrogen and oxygen atoms in total. The molecule has 2 aromatic carbocycles. The standard InChI is InChI=1S/C22H18FNO4/c1-11-8-9-18(27-13(3)23)19-15(22(25)26)10-16(24-20(11)19)21-12(2)14-6-4-5-7-17(14)28-21/h4-10,13H,1-3H3,(H,25,26). The zero-order valence-corrected chi connectivity index (χ0v) is 15.6. The number of hydrogen-bond acceptors (Lipinski definition) is 4. The lowest BCUT2D eigenvalue weighted by Gasteiger charge is -2.14. The fraction of sp³-hybridized carbons (Fsp3) is 0.182. The zero-order chi connectivity index (χ0) is 20.0. The number of hydrogen-bond donors (Lipinski definition) is 1. The summed E-state index contributed by atoms with van der Waals surface area (Å²) in [5.74, 6) is -0.493. The van der Waals surface area contributed by atoms with Crippen LogP contribution in [0.3, 0.4) is 0 Å². The summed E-state index contributed by atoms with van der Waals surface area (Å²) in [5.41, 5.74) is 3.17. The highest BCUT2D eigenvalue weighted by Gasteiger charge is 2.22. The third kappa shape index (κ3) is 2.87. The summed E-state index contributed by atoms with van der Waals surface area (Å²) in [6.45, 7) is 4.97. The van der Waals surface area contributed by atoms with E-state index in [-0.39, 0.29) is 16.7 Å². The van der Waals surface area contributed by atoms with Crippen LogP contribution in [-0.4, -0.2) is 22.4 Å². The number of carboxylic acid groups (broad SMARTS) is 1. The largest absolute Gasteiger partial charge is 0.478 e. The van der Waals surface area contributed by atoms with Crippen LogP contribution < -0.4 is 4.74 Å². The Balaban J connectivity index is 2.05. The number of benzene rings is 2. The van der Waals surface area contributed by atoms with E-state index in [1.54, 1.807) is 12.1 Å². The summed E-state index contributed by atoms with van der Waals surface area (Å²) in [4.78, 5) is 16.6. The number of aryl methyl sites for hydroxylation is 2. The highest BCUT2D eigenvalue weighted by Crippen LogP contribution is 2.37. The van der Waals surface area contributed by atoms with Crippen LogP contribution in [-0.2, 0) is 0 Å². The van der Waals surface area contributed by atoms with Crippen LogP contribution in [0.25, 0.3) is 33.3 Å². The quantitative estimate of drug-likeness (QED) is 0.495. The number of fused-ring (bicyclic) bond motifs is 2. The molecule has 142 valence electrons. The van der Waals surface area contributed by atoms with Crippen molar-refractivity contribution in [2.75, 3.05) is 0 Å². The van der Waals surface area contributed by atoms with E-state index in [2.05, 4.69) is 4.98 Å². The van der Waals surface area contributed by atoms with Crippen LogP contribution in [0.2, 0.25) is 0 Å². The van der Waals surface area contributed by atoms with Crippen molar-refractivity contribution in [3.63, 3.8) is 0 Å². The highest BCUT2D eigenvalue weighted by atomic mass is 19.1. The van der Waals surface area contributed by atoms with Gasteiger partial charge in [-0.3, -0.25) is 0 Å². The molecular formula is C22H18FNO4. The molecule has 28 heavy (non-hydrogen) atoms. The van der Waals surface area contributed by atoms with Crippen LogP contribution in [0.1, 0.15) is 28.4 Å². The lowest BCUT2D eigenvalue weighted by molar-refractivity contribution is 0.0695. The number of halogens is 1. The van der Waals surface area contributed by atoms with Crippen molar-refractivity contribution in [2.24, 2.45) is 0 Å². The number of carboxylic acids is 1. The van der Waals surface area contributed by atoms with Gasteiger partial charge < -0.3 is 14.3 Å². The molecule has 4 rings (SSSR count). The topological polar surface area (TPSA) is 72.6 Å². The molecule has 0 amide bonds. The fourth-order valence-electron chi connectivity index (χ4n) is 3.42. The van der Waals surface area contributed by atoms with Crippen molar-refractivity contribution in [3.05, 3.63) is 59.2 Å². The van der Waals surface area contributed by atoms with Crippen molar-refractivity contribution in [2.45, 2.75) is 27.1 Å². The number of carbonyl (C=O) groups is 1. The maximum absolute atomic E-state index is 13.5. The smallest absolute Gasteiger partial charge is 0.336 e. The predicted molar refractivity (Wildman–Crippen MR) is 105 cm³/mol. The van der Waals surface area contributed by atoms with Gasteiger partial charge >= 0.3 is 5.97 Å². The average Bonchev–Trinajstić information content (AvgIpc) is 3.00. The van der Waals surface area contributed by atoms with Gasteiger partial charge in [-0.25, -0.2) is 14.2 Å². The van der Waals surface area contributed by atoms with Crippen LogP contribution in [0.5, 0.6) is 5.75 Å². The van der Waals surface area contributed by atoms with E-state index in [0.717, 1.165) is 16.5 Å². The van der Waals surface area contributed by atoms with E-state index >= 15 is 0 Å². The zero-order valence-electron chi connectivity index (χ0n) is 15.6. The highest BCUT2D eigenvalue weighted by molar-refractivity contribution is 6.07. The molecule has 0 aliphatic rings. The molecule has 0 bridgehead atoms. The van der Waals surface area contributed by atoms with Crippen molar-refractivity contribution >= 4 is 27.8 Å². The lowest BCUT2D eigenvalue weighted by Crippen LogP contribution is -2.08. The summed E-state index contributed by atoms with van der Waals surface area (Å²) >= 11 is 0. The van der Waals surface area contributed by atoms with Crippen LogP contribution >= 0.6 is 0 Å². The Morgan fingerprint density at radius 3 is 2.64 bits per heavy atom. The normalized spacial score (nSPS) is 12.4. The minimum Gasteiger partial charge on any atom is -0.478 e. The Kier molecular flexibility index (Phi) is 4.26. The molecule has 4 aromatic rings. The van der Waals surface area contributed by atoms with Crippen LogP contribution in [0.4, 0.5) is 4.39 Å². The first-order chi connectivity index (χ1) is 13.4. The Labute approximate surface area is 160 Å². The van der Waals surface area contributed by atoms with Gasteiger partial charge in [0.05, 0.1) is 16.5 Å². The number of ether oxygens (including phenoxy) is 1. The first-order valence-electron chi connectivity index (χ1n) is 8.83. The third-order valence-corrected chi connectivity index (χ3v) is 4.72. The molecular weight excluding hydrogens is 361 g/mol. The molecule has 0 spiro atoms. The minimum atomic E-state index is -1.58. The first kappa shape index (κ1) is 18.0. The van der Waals surface area contributed by atoms with Gasteiger partial charge in [0.15, 0.2) is 5.76 Å². The van der Waals surface area contributed by atoms with Gasteiger partial charge in [0.25, 0.3) is 0 Å². The predicted octanol–water partition coefficient (Wildman–Crippen LogP) is 5.66. The van der Waals surface area contributed by atoms with Crippen molar-refractivity contribution < 1.29 is 23.4 Å². The van der Waals surface area contributed by atoms with Crippen molar-refractivity contribution in [1.82, 2.24) is 4.98 Å². The summed E-state index contributed by atoms with van der Waals surface area (Å²) in [6.07, 6.45) is -1.58. The summed E-state index contributed by atoms with van der Waals surface area (Å²) in [7, 11) is 0. The van der Waals surface area contributed by atoms with Gasteiger partial charge in [0.2, 0.25) is 6.36 Å². The number of pyridine rings is 1. The molecule has 0 saturated heterocycles. The molecule has 0 saturated carbocycles. The average molecular weight is 379 g/mol. The second kappa shape index (κ2) is 6.64. The Hall–Kier alpha value is -3.41. The number of nitrogens with zero attached hydrogens (tertiary/aromatic N) is 1. The maximum Gasteiger partial charge on any atom is 0.336 e. The molecule has 2 aromatic heterocycles. The molecule has 0 fully saturated rings. The summed E-state index contributed by atoms with van der Waals surface area (Å²) in [5, 5.41) is 11.0. The number of furan rings is 1. The number of aromatic nitrogens is 1. The number of para-hydroxylation sites is 1. The summed E-state index contributed by atoms with van der Waals surface area (Å²) < 4.78 is 24.6. The maximum atomic E-state index is 13.5. The van der Waals surface area contributed by atoms with Crippen LogP contribution in [0, 0.1) is 13.8 Å². The SMILES string of the molecule is Cc1c(-c2cc(C(=O)O)c3c(OC(C)F)ccc(C)c3n2)oc2ccccc12. The van der Waals surface area contributed by atoms with Gasteiger partial charge in [-0.1, -0.05) is 24.3 Å². The van der Waals surface area contributed by atoms with Crippen molar-refractivity contribution in [3.8, 4) is 17.2 Å².